The van der Waals surface area contributed by atoms with Crippen molar-refractivity contribution in [2.24, 2.45) is 0 Å². The monoisotopic (exact) mass is 1110 g/mol. The van der Waals surface area contributed by atoms with Crippen molar-refractivity contribution in [2.45, 2.75) is 0 Å². The standard InChI is InChI=1S/C50H60O12S8/c1-2-6-38-34-42-41(33-37(38)5-1)59-21-17-51-9-13-55-25-29-63-45-46(64-30-26-56-14-10-52-18-22-60-42)68-49(67-45)50-69-47-48(70-50)66-32-28-58-16-12-54-20-24-62-44-36-40-8-4-3-7-39(40)35-43(44)61-23-19-53-11-15-57-27-31-65-47/h1-8,33-36H,9-32H2. The molecule has 0 atom stereocenters. The average Bonchev–Trinajstić information content (AvgIpc) is 3.99. The Kier molecular flexibility index (Phi) is 24.9. The van der Waals surface area contributed by atoms with E-state index < -0.39 is 0 Å². The minimum atomic E-state index is 0.406. The Morgan fingerprint density at radius 3 is 0.700 bits per heavy atom. The van der Waals surface area contributed by atoms with Crippen molar-refractivity contribution in [1.29, 1.82) is 0 Å². The first-order valence-corrected chi connectivity index (χ1v) is 30.6. The molecule has 0 bridgehead atoms. The van der Waals surface area contributed by atoms with Crippen LogP contribution in [0.25, 0.3) is 21.5 Å². The van der Waals surface area contributed by atoms with Gasteiger partial charge in [-0.2, -0.15) is 0 Å². The quantitative estimate of drug-likeness (QED) is 0.166. The molecule has 0 N–H and O–H groups in total. The number of benzene rings is 4. The van der Waals surface area contributed by atoms with Crippen LogP contribution in [0.5, 0.6) is 23.0 Å². The number of fused-ring (bicyclic) bond motifs is 4. The molecule has 0 saturated heterocycles. The molecule has 0 radical (unpaired) electrons. The van der Waals surface area contributed by atoms with Gasteiger partial charge in [-0.05, 0) is 45.8 Å². The maximum Gasteiger partial charge on any atom is 0.161 e. The van der Waals surface area contributed by atoms with Gasteiger partial charge in [-0.1, -0.05) is 95.6 Å². The number of rotatable bonds is 0. The van der Waals surface area contributed by atoms with Crippen LogP contribution in [0.15, 0.2) is 98.2 Å². The highest BCUT2D eigenvalue weighted by Gasteiger charge is 2.31. The minimum absolute atomic E-state index is 0.406. The molecular formula is C50H60O12S8. The van der Waals surface area contributed by atoms with Gasteiger partial charge in [-0.3, -0.25) is 0 Å². The number of thioether (sulfide) groups is 8. The van der Waals surface area contributed by atoms with Gasteiger partial charge in [0, 0.05) is 23.0 Å². The van der Waals surface area contributed by atoms with E-state index in [0.29, 0.717) is 155 Å². The maximum atomic E-state index is 6.13. The summed E-state index contributed by atoms with van der Waals surface area (Å²) in [6.45, 7) is 10.1. The van der Waals surface area contributed by atoms with Gasteiger partial charge in [0.25, 0.3) is 0 Å². The smallest absolute Gasteiger partial charge is 0.161 e. The van der Waals surface area contributed by atoms with Crippen LogP contribution in [-0.2, 0) is 37.9 Å². The number of ether oxygens (including phenoxy) is 12. The second kappa shape index (κ2) is 31.9. The highest BCUT2D eigenvalue weighted by Crippen LogP contribution is 2.66. The van der Waals surface area contributed by atoms with Gasteiger partial charge in [0.2, 0.25) is 0 Å². The fourth-order valence-corrected chi connectivity index (χ4v) is 18.5. The van der Waals surface area contributed by atoms with E-state index in [1.807, 2.05) is 143 Å². The molecule has 0 aromatic heterocycles. The van der Waals surface area contributed by atoms with Crippen molar-refractivity contribution < 1.29 is 56.8 Å². The molecule has 4 heterocycles. The van der Waals surface area contributed by atoms with Crippen LogP contribution in [-0.4, -0.2) is 155 Å². The lowest BCUT2D eigenvalue weighted by atomic mass is 10.1. The Balaban J connectivity index is 0.809. The fourth-order valence-electron chi connectivity index (χ4n) is 6.82. The molecule has 380 valence electrons. The normalized spacial score (nSPS) is 21.1. The summed E-state index contributed by atoms with van der Waals surface area (Å²) in [6, 6.07) is 24.5. The van der Waals surface area contributed by atoms with Gasteiger partial charge >= 0.3 is 0 Å². The van der Waals surface area contributed by atoms with Gasteiger partial charge in [-0.15, -0.1) is 47.0 Å². The Labute approximate surface area is 445 Å². The Morgan fingerprint density at radius 1 is 0.243 bits per heavy atom. The lowest BCUT2D eigenvalue weighted by Gasteiger charge is -2.15. The first-order chi connectivity index (χ1) is 34.8. The van der Waals surface area contributed by atoms with Gasteiger partial charge < -0.3 is 56.8 Å². The number of hydrogen-bond acceptors (Lipinski definition) is 20. The summed E-state index contributed by atoms with van der Waals surface area (Å²) < 4.78 is 80.0. The van der Waals surface area contributed by atoms with Crippen LogP contribution in [0.4, 0.5) is 0 Å². The third kappa shape index (κ3) is 18.3. The molecule has 8 rings (SSSR count). The maximum absolute atomic E-state index is 6.13. The lowest BCUT2D eigenvalue weighted by molar-refractivity contribution is 0.0377. The molecule has 12 nitrogen and oxygen atoms in total. The van der Waals surface area contributed by atoms with Crippen LogP contribution in [0.2, 0.25) is 0 Å². The van der Waals surface area contributed by atoms with Gasteiger partial charge in [0.15, 0.2) is 23.0 Å². The molecule has 0 saturated carbocycles. The first-order valence-electron chi connectivity index (χ1n) is 23.4. The van der Waals surface area contributed by atoms with Crippen LogP contribution < -0.4 is 18.9 Å². The van der Waals surface area contributed by atoms with Crippen LogP contribution in [0.1, 0.15) is 0 Å². The highest BCUT2D eigenvalue weighted by molar-refractivity contribution is 8.45. The zero-order valence-corrected chi connectivity index (χ0v) is 45.6. The third-order valence-electron chi connectivity index (χ3n) is 10.1. The van der Waals surface area contributed by atoms with Crippen molar-refractivity contribution in [3.05, 3.63) is 98.2 Å². The summed E-state index contributed by atoms with van der Waals surface area (Å²) in [4.78, 5) is 0. The molecule has 0 spiro atoms. The zero-order chi connectivity index (χ0) is 47.7. The summed E-state index contributed by atoms with van der Waals surface area (Å²) >= 11 is 15.0. The topological polar surface area (TPSA) is 111 Å². The van der Waals surface area contributed by atoms with E-state index in [2.05, 4.69) is 24.3 Å². The Bertz CT molecular complexity index is 2020. The molecular weight excluding hydrogens is 1050 g/mol. The van der Waals surface area contributed by atoms with Crippen molar-refractivity contribution >= 4 is 116 Å². The van der Waals surface area contributed by atoms with Crippen LogP contribution in [0, 0.1) is 0 Å². The van der Waals surface area contributed by atoms with Crippen LogP contribution >= 0.6 is 94.1 Å². The SMILES string of the molecule is c1ccc2cc3c(cc2c1)OCCOCCOCCSC1=C(SCCOCCOCCO3)SC(=C2SC3=C(SCCOCCOCCOc4cc5ccccc5cc4OCCOCCOCCS3)S2)S1. The van der Waals surface area contributed by atoms with Crippen molar-refractivity contribution in [2.75, 3.05) is 155 Å². The van der Waals surface area contributed by atoms with Crippen molar-refractivity contribution in [3.63, 3.8) is 0 Å². The molecule has 4 aliphatic heterocycles. The largest absolute Gasteiger partial charge is 0.487 e. The predicted octanol–water partition coefficient (Wildman–Crippen LogP) is 11.6. The van der Waals surface area contributed by atoms with Crippen molar-refractivity contribution in [3.8, 4) is 23.0 Å². The molecule has 0 amide bonds. The summed E-state index contributed by atoms with van der Waals surface area (Å²) in [7, 11) is 0. The summed E-state index contributed by atoms with van der Waals surface area (Å²) in [5.41, 5.74) is 0. The third-order valence-corrected chi connectivity index (χ3v) is 21.6. The second-order valence-corrected chi connectivity index (χ2v) is 25.2. The summed E-state index contributed by atoms with van der Waals surface area (Å²) in [6.07, 6.45) is 0. The van der Waals surface area contributed by atoms with Gasteiger partial charge in [0.1, 0.15) is 26.4 Å². The first kappa shape index (κ1) is 54.6. The lowest BCUT2D eigenvalue weighted by Crippen LogP contribution is -2.13. The molecule has 4 aromatic carbocycles. The predicted molar refractivity (Wildman–Crippen MR) is 298 cm³/mol. The van der Waals surface area contributed by atoms with Crippen LogP contribution in [0.3, 0.4) is 0 Å². The highest BCUT2D eigenvalue weighted by atomic mass is 32.3. The number of hydrogen-bond donors (Lipinski definition) is 0. The van der Waals surface area contributed by atoms with E-state index in [-0.39, 0.29) is 0 Å². The zero-order valence-electron chi connectivity index (χ0n) is 39.1. The van der Waals surface area contributed by atoms with E-state index in [1.165, 1.54) is 25.4 Å². The van der Waals surface area contributed by atoms with E-state index in [4.69, 9.17) is 56.8 Å². The second-order valence-electron chi connectivity index (χ2n) is 15.1. The van der Waals surface area contributed by atoms with Gasteiger partial charge in [0.05, 0.1) is 131 Å². The molecule has 20 heteroatoms. The molecule has 4 aromatic rings. The molecule has 0 aliphatic carbocycles. The van der Waals surface area contributed by atoms with Crippen molar-refractivity contribution in [1.82, 2.24) is 0 Å². The summed E-state index contributed by atoms with van der Waals surface area (Å²) in [5, 5.41) is 4.37. The fraction of sp³-hybridized carbons (Fsp3) is 0.480. The average molecular weight is 1110 g/mol. The minimum Gasteiger partial charge on any atom is -0.487 e. The van der Waals surface area contributed by atoms with E-state index in [1.54, 1.807) is 0 Å². The summed E-state index contributed by atoms with van der Waals surface area (Å²) in [5.74, 6) is 6.17. The Hall–Kier alpha value is -1.70. The molecule has 4 aliphatic rings. The van der Waals surface area contributed by atoms with E-state index in [0.717, 1.165) is 44.6 Å². The molecule has 0 fully saturated rings. The van der Waals surface area contributed by atoms with E-state index in [9.17, 15) is 0 Å². The Morgan fingerprint density at radius 2 is 0.457 bits per heavy atom. The van der Waals surface area contributed by atoms with Gasteiger partial charge in [-0.25, -0.2) is 0 Å². The van der Waals surface area contributed by atoms with E-state index >= 15 is 0 Å². The molecule has 0 unspecified atom stereocenters. The molecule has 70 heavy (non-hydrogen) atoms.